The minimum Gasteiger partial charge on any atom is -0.385 e. The predicted octanol–water partition coefficient (Wildman–Crippen LogP) is 3.66. The molecule has 0 amide bonds. The molecule has 0 fully saturated rings. The molecule has 1 atom stereocenters. The Hall–Kier alpha value is -1.31. The van der Waals surface area contributed by atoms with Crippen LogP contribution in [-0.2, 0) is 6.42 Å². The van der Waals surface area contributed by atoms with Crippen molar-refractivity contribution in [2.75, 3.05) is 11.9 Å². The van der Waals surface area contributed by atoms with E-state index in [1.54, 1.807) is 0 Å². The third-order valence-corrected chi connectivity index (χ3v) is 3.60. The van der Waals surface area contributed by atoms with E-state index in [-0.39, 0.29) is 5.78 Å². The van der Waals surface area contributed by atoms with Crippen LogP contribution in [0.5, 0.6) is 0 Å². The maximum absolute atomic E-state index is 12.1. The molecule has 0 saturated carbocycles. The van der Waals surface area contributed by atoms with Gasteiger partial charge in [-0.3, -0.25) is 4.79 Å². The Balaban J connectivity index is 2.13. The number of nitrogens with one attached hydrogen (secondary N) is 1. The number of ketones is 1. The molecule has 0 aliphatic carbocycles. The minimum absolute atomic E-state index is 0.285. The van der Waals surface area contributed by atoms with Gasteiger partial charge in [-0.15, -0.1) is 0 Å². The minimum atomic E-state index is 0.285. The fraction of sp³-hybridized carbons (Fsp3) is 0.533. The molecule has 1 aromatic carbocycles. The van der Waals surface area contributed by atoms with Gasteiger partial charge >= 0.3 is 0 Å². The zero-order valence-electron chi connectivity index (χ0n) is 10.8. The molecule has 1 heterocycles. The smallest absolute Gasteiger partial charge is 0.163 e. The molecule has 2 heteroatoms. The maximum atomic E-state index is 12.1. The Labute approximate surface area is 103 Å². The number of fused-ring (bicyclic) bond motifs is 1. The number of carbonyl (C=O) groups is 1. The van der Waals surface area contributed by atoms with Crippen LogP contribution in [0.15, 0.2) is 18.2 Å². The van der Waals surface area contributed by atoms with Crippen LogP contribution < -0.4 is 5.32 Å². The van der Waals surface area contributed by atoms with Crippen LogP contribution in [0.3, 0.4) is 0 Å². The summed E-state index contributed by atoms with van der Waals surface area (Å²) in [5.41, 5.74) is 3.38. The number of benzene rings is 1. The lowest BCUT2D eigenvalue weighted by atomic mass is 9.94. The van der Waals surface area contributed by atoms with Crippen molar-refractivity contribution in [2.45, 2.75) is 39.5 Å². The third-order valence-electron chi connectivity index (χ3n) is 3.60. The SMILES string of the molecule is CCC(C)CC(=O)c1ccc2c(c1)CCCN2. The zero-order valence-corrected chi connectivity index (χ0v) is 10.8. The number of anilines is 1. The first-order valence-corrected chi connectivity index (χ1v) is 6.60. The van der Waals surface area contributed by atoms with Crippen LogP contribution in [0, 0.1) is 5.92 Å². The van der Waals surface area contributed by atoms with E-state index in [4.69, 9.17) is 0 Å². The number of carbonyl (C=O) groups excluding carboxylic acids is 1. The lowest BCUT2D eigenvalue weighted by molar-refractivity contribution is 0.0963. The summed E-state index contributed by atoms with van der Waals surface area (Å²) in [4.78, 5) is 12.1. The molecule has 1 aromatic rings. The van der Waals surface area contributed by atoms with Crippen molar-refractivity contribution >= 4 is 11.5 Å². The van der Waals surface area contributed by atoms with Crippen molar-refractivity contribution in [3.63, 3.8) is 0 Å². The summed E-state index contributed by atoms with van der Waals surface area (Å²) in [7, 11) is 0. The molecule has 1 N–H and O–H groups in total. The van der Waals surface area contributed by atoms with Gasteiger partial charge in [-0.05, 0) is 42.5 Å². The van der Waals surface area contributed by atoms with Gasteiger partial charge in [0.05, 0.1) is 0 Å². The summed E-state index contributed by atoms with van der Waals surface area (Å²) in [6, 6.07) is 6.09. The summed E-state index contributed by atoms with van der Waals surface area (Å²) < 4.78 is 0. The van der Waals surface area contributed by atoms with Crippen LogP contribution >= 0.6 is 0 Å². The Kier molecular flexibility index (Phi) is 3.82. The lowest BCUT2D eigenvalue weighted by Gasteiger charge is -2.18. The first kappa shape index (κ1) is 12.2. The molecule has 1 unspecified atom stereocenters. The average Bonchev–Trinajstić information content (AvgIpc) is 2.38. The van der Waals surface area contributed by atoms with E-state index < -0.39 is 0 Å². The van der Waals surface area contributed by atoms with E-state index in [9.17, 15) is 4.79 Å². The van der Waals surface area contributed by atoms with Crippen LogP contribution in [-0.4, -0.2) is 12.3 Å². The summed E-state index contributed by atoms with van der Waals surface area (Å²) >= 11 is 0. The molecule has 2 nitrogen and oxygen atoms in total. The first-order valence-electron chi connectivity index (χ1n) is 6.60. The molecule has 2 rings (SSSR count). The molecule has 1 aliphatic rings. The quantitative estimate of drug-likeness (QED) is 0.801. The van der Waals surface area contributed by atoms with Gasteiger partial charge in [-0.1, -0.05) is 20.3 Å². The molecule has 17 heavy (non-hydrogen) atoms. The number of Topliss-reactive ketones (excluding diaryl/α,β-unsaturated/α-hetero) is 1. The van der Waals surface area contributed by atoms with E-state index in [0.29, 0.717) is 12.3 Å². The molecule has 0 saturated heterocycles. The maximum Gasteiger partial charge on any atom is 0.163 e. The van der Waals surface area contributed by atoms with Gasteiger partial charge < -0.3 is 5.32 Å². The van der Waals surface area contributed by atoms with Crippen LogP contribution in [0.1, 0.15) is 49.0 Å². The van der Waals surface area contributed by atoms with Gasteiger partial charge in [-0.25, -0.2) is 0 Å². The Bertz CT molecular complexity index is 411. The molecular weight excluding hydrogens is 210 g/mol. The number of rotatable bonds is 4. The highest BCUT2D eigenvalue weighted by molar-refractivity contribution is 5.96. The number of hydrogen-bond donors (Lipinski definition) is 1. The van der Waals surface area contributed by atoms with Gasteiger partial charge in [-0.2, -0.15) is 0 Å². The highest BCUT2D eigenvalue weighted by atomic mass is 16.1. The molecule has 1 aliphatic heterocycles. The zero-order chi connectivity index (χ0) is 12.3. The van der Waals surface area contributed by atoms with Crippen LogP contribution in [0.2, 0.25) is 0 Å². The Morgan fingerprint density at radius 1 is 1.47 bits per heavy atom. The summed E-state index contributed by atoms with van der Waals surface area (Å²) in [5, 5.41) is 3.37. The number of hydrogen-bond acceptors (Lipinski definition) is 2. The van der Waals surface area contributed by atoms with Gasteiger partial charge in [0.25, 0.3) is 0 Å². The van der Waals surface area contributed by atoms with E-state index in [2.05, 4.69) is 31.3 Å². The van der Waals surface area contributed by atoms with Crippen molar-refractivity contribution in [3.05, 3.63) is 29.3 Å². The highest BCUT2D eigenvalue weighted by Crippen LogP contribution is 2.24. The fourth-order valence-corrected chi connectivity index (χ4v) is 2.23. The molecule has 0 radical (unpaired) electrons. The third kappa shape index (κ3) is 2.87. The monoisotopic (exact) mass is 231 g/mol. The molecule has 0 bridgehead atoms. The molecule has 0 aromatic heterocycles. The van der Waals surface area contributed by atoms with Gasteiger partial charge in [0, 0.05) is 24.2 Å². The topological polar surface area (TPSA) is 29.1 Å². The summed E-state index contributed by atoms with van der Waals surface area (Å²) in [6.45, 7) is 5.32. The van der Waals surface area contributed by atoms with Crippen molar-refractivity contribution in [3.8, 4) is 0 Å². The van der Waals surface area contributed by atoms with E-state index in [1.165, 1.54) is 11.3 Å². The molecular formula is C15H21NO. The van der Waals surface area contributed by atoms with Crippen molar-refractivity contribution in [2.24, 2.45) is 5.92 Å². The Morgan fingerprint density at radius 3 is 3.06 bits per heavy atom. The predicted molar refractivity (Wildman–Crippen MR) is 71.7 cm³/mol. The second kappa shape index (κ2) is 5.35. The second-order valence-electron chi connectivity index (χ2n) is 5.04. The number of aryl methyl sites for hydroxylation is 1. The molecule has 0 spiro atoms. The van der Waals surface area contributed by atoms with Gasteiger partial charge in [0.15, 0.2) is 5.78 Å². The van der Waals surface area contributed by atoms with Crippen molar-refractivity contribution < 1.29 is 4.79 Å². The second-order valence-corrected chi connectivity index (χ2v) is 5.04. The average molecular weight is 231 g/mol. The fourth-order valence-electron chi connectivity index (χ4n) is 2.23. The largest absolute Gasteiger partial charge is 0.385 e. The highest BCUT2D eigenvalue weighted by Gasteiger charge is 2.14. The van der Waals surface area contributed by atoms with E-state index >= 15 is 0 Å². The summed E-state index contributed by atoms with van der Waals surface area (Å²) in [6.07, 6.45) is 3.99. The Morgan fingerprint density at radius 2 is 2.29 bits per heavy atom. The van der Waals surface area contributed by atoms with E-state index in [1.807, 2.05) is 6.07 Å². The van der Waals surface area contributed by atoms with Crippen LogP contribution in [0.4, 0.5) is 5.69 Å². The summed E-state index contributed by atoms with van der Waals surface area (Å²) in [5.74, 6) is 0.768. The van der Waals surface area contributed by atoms with Gasteiger partial charge in [0.1, 0.15) is 0 Å². The lowest BCUT2D eigenvalue weighted by Crippen LogP contribution is -2.13. The molecule has 92 valence electrons. The standard InChI is InChI=1S/C15H21NO/c1-3-11(2)9-15(17)13-6-7-14-12(10-13)5-4-8-16-14/h6-7,10-11,16H,3-5,8-9H2,1-2H3. The first-order chi connectivity index (χ1) is 8.20. The van der Waals surface area contributed by atoms with E-state index in [0.717, 1.165) is 31.4 Å². The van der Waals surface area contributed by atoms with Crippen molar-refractivity contribution in [1.82, 2.24) is 0 Å². The van der Waals surface area contributed by atoms with Crippen molar-refractivity contribution in [1.29, 1.82) is 0 Å². The van der Waals surface area contributed by atoms with Gasteiger partial charge in [0.2, 0.25) is 0 Å². The van der Waals surface area contributed by atoms with Crippen LogP contribution in [0.25, 0.3) is 0 Å². The normalized spacial score (nSPS) is 15.9.